The molecular weight excluding hydrogens is 726 g/mol. The zero-order valence-electron chi connectivity index (χ0n) is 13.0. The molecule has 0 aliphatic rings. The molecule has 4 radical (unpaired) electrons. The van der Waals surface area contributed by atoms with E-state index in [-0.39, 0.29) is 74.2 Å². The number of rotatable bonds is 6. The van der Waals surface area contributed by atoms with Gasteiger partial charge >= 0.3 is 0 Å². The van der Waals surface area contributed by atoms with Gasteiger partial charge in [-0.15, -0.1) is 0 Å². The summed E-state index contributed by atoms with van der Waals surface area (Å²) in [6, 6.07) is 0. The zero-order chi connectivity index (χ0) is 23.1. The molecule has 31 heteroatoms. The van der Waals surface area contributed by atoms with E-state index in [9.17, 15) is 86.1 Å². The van der Waals surface area contributed by atoms with Gasteiger partial charge in [-0.05, 0) is 0 Å². The van der Waals surface area contributed by atoms with Crippen molar-refractivity contribution in [2.75, 3.05) is 0 Å². The SMILES string of the molecule is O=P([O-])([O-])OP(=O)([O-])[O-].O=P([O-])([O-])OP(=O)([O-])[O-].O=P([O-])([O-])OP(=O)([O-])[O-].[V].[V].[V].[V]. The maximum Gasteiger partial charge on any atom is 0.0655 e. The topological polar surface area (TPSA) is 407 Å². The summed E-state index contributed by atoms with van der Waals surface area (Å²) < 4.78 is 63.5. The van der Waals surface area contributed by atoms with Crippen molar-refractivity contribution < 1.29 is 173 Å². The van der Waals surface area contributed by atoms with Crippen molar-refractivity contribution in [1.29, 1.82) is 0 Å². The molecule has 0 fully saturated rings. The van der Waals surface area contributed by atoms with Crippen LogP contribution in [0.25, 0.3) is 0 Å². The molecule has 0 aromatic carbocycles. The van der Waals surface area contributed by atoms with Crippen LogP contribution in [0.5, 0.6) is 0 Å². The molecule has 0 aliphatic heterocycles. The Labute approximate surface area is 219 Å². The molecule has 0 N–H and O–H groups in total. The van der Waals surface area contributed by atoms with Gasteiger partial charge in [0.2, 0.25) is 0 Å². The van der Waals surface area contributed by atoms with E-state index in [2.05, 4.69) is 12.9 Å². The molecule has 0 amide bonds. The van der Waals surface area contributed by atoms with Crippen LogP contribution in [0.2, 0.25) is 0 Å². The summed E-state index contributed by atoms with van der Waals surface area (Å²) >= 11 is 0. The van der Waals surface area contributed by atoms with Gasteiger partial charge < -0.3 is 99.0 Å². The Morgan fingerprint density at radius 1 is 0.290 bits per heavy atom. The second kappa shape index (κ2) is 19.3. The van der Waals surface area contributed by atoms with Gasteiger partial charge in [-0.1, -0.05) is 0 Å². The van der Waals surface area contributed by atoms with E-state index in [1.165, 1.54) is 0 Å². The summed E-state index contributed by atoms with van der Waals surface area (Å²) in [7, 11) is -34.1. The molecule has 0 spiro atoms. The van der Waals surface area contributed by atoms with Crippen LogP contribution < -0.4 is 58.7 Å². The van der Waals surface area contributed by atoms with Gasteiger partial charge in [0.15, 0.2) is 0 Å². The summed E-state index contributed by atoms with van der Waals surface area (Å²) in [6.07, 6.45) is 0. The third kappa shape index (κ3) is 71.9. The van der Waals surface area contributed by atoms with Crippen LogP contribution in [0.4, 0.5) is 0 Å². The van der Waals surface area contributed by atoms with Gasteiger partial charge in [0.1, 0.15) is 0 Å². The van der Waals surface area contributed by atoms with Gasteiger partial charge in [-0.3, -0.25) is 0 Å². The van der Waals surface area contributed by atoms with Crippen LogP contribution in [-0.2, 0) is 115 Å². The van der Waals surface area contributed by atoms with Crippen LogP contribution in [0.1, 0.15) is 0 Å². The Balaban J connectivity index is -0.0000000524. The molecule has 0 aromatic rings. The van der Waals surface area contributed by atoms with Gasteiger partial charge in [0.05, 0.1) is 46.9 Å². The molecule has 0 saturated heterocycles. The molecule has 31 heavy (non-hydrogen) atoms. The Kier molecular flexibility index (Phi) is 31.6. The molecule has 0 aliphatic carbocycles. The fraction of sp³-hybridized carbons (Fsp3) is 0. The van der Waals surface area contributed by atoms with Crippen molar-refractivity contribution >= 4 is 46.9 Å². The second-order valence-corrected chi connectivity index (χ2v) is 10.3. The Bertz CT molecular complexity index is 559. The maximum atomic E-state index is 9.32. The van der Waals surface area contributed by atoms with Crippen LogP contribution in [0.3, 0.4) is 0 Å². The van der Waals surface area contributed by atoms with Crippen molar-refractivity contribution in [3.05, 3.63) is 0 Å². The average Bonchev–Trinajstić information content (AvgIpc) is 1.96. The number of hydrogen-bond acceptors (Lipinski definition) is 21. The summed E-state index contributed by atoms with van der Waals surface area (Å²) in [5, 5.41) is 0. The van der Waals surface area contributed by atoms with Crippen LogP contribution in [0.15, 0.2) is 0 Å². The first-order valence-corrected chi connectivity index (χ1v) is 13.1. The largest absolute Gasteiger partial charge is 0.790 e. The van der Waals surface area contributed by atoms with Crippen molar-refractivity contribution in [1.82, 2.24) is 0 Å². The standard InChI is InChI=1S/3H4O7P2.4V/c3*1-8(2,3)7-9(4,5)6;;;;/h3*(H2,1,2,3)(H2,4,5,6);;;;/p-12. The molecule has 0 atom stereocenters. The van der Waals surface area contributed by atoms with Crippen molar-refractivity contribution in [3.63, 3.8) is 0 Å². The Hall–Kier alpha value is 3.12. The van der Waals surface area contributed by atoms with Crippen molar-refractivity contribution in [2.24, 2.45) is 0 Å². The first-order valence-electron chi connectivity index (χ1n) is 4.38. The van der Waals surface area contributed by atoms with E-state index >= 15 is 0 Å². The third-order valence-corrected chi connectivity index (χ3v) is 5.40. The average molecular weight is 726 g/mol. The van der Waals surface area contributed by atoms with Crippen LogP contribution in [0, 0.1) is 0 Å². The molecule has 0 saturated carbocycles. The van der Waals surface area contributed by atoms with Crippen LogP contribution >= 0.6 is 46.9 Å². The Morgan fingerprint density at radius 2 is 0.355 bits per heavy atom. The fourth-order valence-electron chi connectivity index (χ4n) is 0.367. The van der Waals surface area contributed by atoms with E-state index in [0.717, 1.165) is 0 Å². The first-order chi connectivity index (χ1) is 11.1. The second-order valence-electron chi connectivity index (χ2n) is 2.93. The van der Waals surface area contributed by atoms with E-state index in [1.807, 2.05) is 0 Å². The van der Waals surface area contributed by atoms with Gasteiger partial charge in [0.25, 0.3) is 0 Å². The molecule has 0 rings (SSSR count). The number of phosphoric acid groups is 6. The molecule has 0 unspecified atom stereocenters. The van der Waals surface area contributed by atoms with E-state index in [4.69, 9.17) is 0 Å². The summed E-state index contributed by atoms with van der Waals surface area (Å²) in [5.74, 6) is 0. The van der Waals surface area contributed by atoms with E-state index in [0.29, 0.717) is 0 Å². The maximum absolute atomic E-state index is 9.32. The minimum absolute atomic E-state index is 0. The smallest absolute Gasteiger partial charge is 0.0655 e. The summed E-state index contributed by atoms with van der Waals surface area (Å²) in [6.45, 7) is 0. The number of hydrogen-bond donors (Lipinski definition) is 0. The first kappa shape index (κ1) is 50.9. The van der Waals surface area contributed by atoms with Gasteiger partial charge in [0, 0.05) is 74.2 Å². The molecule has 21 nitrogen and oxygen atoms in total. The van der Waals surface area contributed by atoms with E-state index in [1.54, 1.807) is 0 Å². The van der Waals surface area contributed by atoms with Crippen LogP contribution in [-0.4, -0.2) is 0 Å². The molecule has 188 valence electrons. The van der Waals surface area contributed by atoms with E-state index < -0.39 is 46.9 Å². The molecule has 0 aromatic heterocycles. The summed E-state index contributed by atoms with van der Waals surface area (Å²) in [4.78, 5) is 112. The summed E-state index contributed by atoms with van der Waals surface area (Å²) in [5.41, 5.74) is 0. The molecular formula is O21P6V4-12. The quantitative estimate of drug-likeness (QED) is 0.229. The fourth-order valence-corrected chi connectivity index (χ4v) is 3.31. The predicted molar refractivity (Wildman–Crippen MR) is 48.9 cm³/mol. The monoisotopic (exact) mass is 726 g/mol. The van der Waals surface area contributed by atoms with Crippen molar-refractivity contribution in [2.45, 2.75) is 0 Å². The third-order valence-electron chi connectivity index (χ3n) is 0.600. The van der Waals surface area contributed by atoms with Crippen molar-refractivity contribution in [3.8, 4) is 0 Å². The molecule has 0 heterocycles. The minimum atomic E-state index is -5.68. The Morgan fingerprint density at radius 3 is 0.355 bits per heavy atom. The predicted octanol–water partition coefficient (Wildman–Crippen LogP) is -10.0. The van der Waals surface area contributed by atoms with Gasteiger partial charge in [-0.2, -0.15) is 0 Å². The normalized spacial score (nSPS) is 12.0. The molecule has 0 bridgehead atoms. The minimum Gasteiger partial charge on any atom is -0.790 e. The van der Waals surface area contributed by atoms with Gasteiger partial charge in [-0.25, -0.2) is 0 Å². The zero-order valence-corrected chi connectivity index (χ0v) is 24.0.